The third-order valence-electron chi connectivity index (χ3n) is 1.95. The number of aryl methyl sites for hydroxylation is 1. The van der Waals surface area contributed by atoms with Crippen LogP contribution in [0.25, 0.3) is 11.3 Å². The van der Waals surface area contributed by atoms with Crippen molar-refractivity contribution >= 4 is 15.9 Å². The lowest BCUT2D eigenvalue weighted by Crippen LogP contribution is -1.85. The Bertz CT molecular complexity index is 411. The van der Waals surface area contributed by atoms with Crippen LogP contribution in [0.2, 0.25) is 0 Å². The van der Waals surface area contributed by atoms with Crippen molar-refractivity contribution in [1.29, 1.82) is 0 Å². The summed E-state index contributed by atoms with van der Waals surface area (Å²) in [6.45, 7) is 2.07. The monoisotopic (exact) mass is 248 g/mol. The van der Waals surface area contributed by atoms with E-state index in [4.69, 9.17) is 0 Å². The lowest BCUT2D eigenvalue weighted by molar-refractivity contribution is 1.14. The van der Waals surface area contributed by atoms with Crippen LogP contribution in [0.4, 0.5) is 0 Å². The average molecular weight is 249 g/mol. The maximum absolute atomic E-state index is 4.21. The Labute approximate surface area is 91.2 Å². The SMILES string of the molecule is Cc1cccc(-c2cc(Br)ncn2)c1. The minimum atomic E-state index is 0.809. The van der Waals surface area contributed by atoms with Gasteiger partial charge in [-0.2, -0.15) is 0 Å². The first-order valence-electron chi connectivity index (χ1n) is 4.30. The highest BCUT2D eigenvalue weighted by molar-refractivity contribution is 9.10. The van der Waals surface area contributed by atoms with Crippen molar-refractivity contribution < 1.29 is 0 Å². The molecule has 1 aromatic carbocycles. The minimum Gasteiger partial charge on any atom is -0.236 e. The summed E-state index contributed by atoms with van der Waals surface area (Å²) in [6, 6.07) is 10.2. The predicted octanol–water partition coefficient (Wildman–Crippen LogP) is 3.21. The summed E-state index contributed by atoms with van der Waals surface area (Å²) in [5.74, 6) is 0. The Morgan fingerprint density at radius 1 is 1.14 bits per heavy atom. The van der Waals surface area contributed by atoms with Gasteiger partial charge < -0.3 is 0 Å². The summed E-state index contributed by atoms with van der Waals surface area (Å²) in [5.41, 5.74) is 3.29. The summed E-state index contributed by atoms with van der Waals surface area (Å²) in [5, 5.41) is 0. The van der Waals surface area contributed by atoms with E-state index in [-0.39, 0.29) is 0 Å². The first kappa shape index (κ1) is 9.34. The van der Waals surface area contributed by atoms with E-state index in [1.54, 1.807) is 6.33 Å². The molecule has 0 bridgehead atoms. The molecule has 0 unspecified atom stereocenters. The number of aromatic nitrogens is 2. The Kier molecular flexibility index (Phi) is 2.59. The Balaban J connectivity index is 2.49. The second-order valence-electron chi connectivity index (χ2n) is 3.10. The van der Waals surface area contributed by atoms with Crippen LogP contribution >= 0.6 is 15.9 Å². The predicted molar refractivity (Wildman–Crippen MR) is 59.9 cm³/mol. The van der Waals surface area contributed by atoms with Crippen molar-refractivity contribution in [3.8, 4) is 11.3 Å². The molecule has 0 amide bonds. The quantitative estimate of drug-likeness (QED) is 0.725. The van der Waals surface area contributed by atoms with Gasteiger partial charge in [0.25, 0.3) is 0 Å². The molecule has 2 rings (SSSR count). The van der Waals surface area contributed by atoms with Crippen LogP contribution in [0.1, 0.15) is 5.56 Å². The van der Waals surface area contributed by atoms with Crippen LogP contribution in [-0.2, 0) is 0 Å². The normalized spacial score (nSPS) is 10.1. The van der Waals surface area contributed by atoms with E-state index in [0.29, 0.717) is 0 Å². The van der Waals surface area contributed by atoms with Crippen LogP contribution in [0.3, 0.4) is 0 Å². The molecule has 2 aromatic rings. The van der Waals surface area contributed by atoms with Gasteiger partial charge in [-0.05, 0) is 35.0 Å². The zero-order chi connectivity index (χ0) is 9.97. The van der Waals surface area contributed by atoms with Gasteiger partial charge in [0.15, 0.2) is 0 Å². The zero-order valence-corrected chi connectivity index (χ0v) is 9.32. The minimum absolute atomic E-state index is 0.809. The van der Waals surface area contributed by atoms with Crippen LogP contribution < -0.4 is 0 Å². The van der Waals surface area contributed by atoms with Gasteiger partial charge >= 0.3 is 0 Å². The lowest BCUT2D eigenvalue weighted by atomic mass is 10.1. The number of hydrogen-bond acceptors (Lipinski definition) is 2. The smallest absolute Gasteiger partial charge is 0.117 e. The second-order valence-corrected chi connectivity index (χ2v) is 3.91. The highest BCUT2D eigenvalue weighted by atomic mass is 79.9. The van der Waals surface area contributed by atoms with Crippen molar-refractivity contribution in [2.45, 2.75) is 6.92 Å². The van der Waals surface area contributed by atoms with Crippen molar-refractivity contribution in [2.24, 2.45) is 0 Å². The highest BCUT2D eigenvalue weighted by Crippen LogP contribution is 2.19. The average Bonchev–Trinajstić information content (AvgIpc) is 2.18. The number of rotatable bonds is 1. The molecule has 2 nitrogen and oxygen atoms in total. The maximum atomic E-state index is 4.21. The Hall–Kier alpha value is -1.22. The first-order valence-corrected chi connectivity index (χ1v) is 5.09. The van der Waals surface area contributed by atoms with Gasteiger partial charge in [-0.1, -0.05) is 23.8 Å². The van der Waals surface area contributed by atoms with Gasteiger partial charge in [0.05, 0.1) is 5.69 Å². The van der Waals surface area contributed by atoms with Gasteiger partial charge in [-0.3, -0.25) is 0 Å². The molecule has 3 heteroatoms. The Morgan fingerprint density at radius 3 is 2.71 bits per heavy atom. The molecule has 0 aliphatic carbocycles. The Morgan fingerprint density at radius 2 is 2.00 bits per heavy atom. The lowest BCUT2D eigenvalue weighted by Gasteiger charge is -2.01. The molecule has 0 spiro atoms. The summed E-state index contributed by atoms with van der Waals surface area (Å²) in [7, 11) is 0. The zero-order valence-electron chi connectivity index (χ0n) is 7.74. The van der Waals surface area contributed by atoms with Crippen LogP contribution in [-0.4, -0.2) is 9.97 Å². The molecule has 0 aliphatic heterocycles. The van der Waals surface area contributed by atoms with Crippen LogP contribution in [0.5, 0.6) is 0 Å². The molecule has 1 heterocycles. The molecule has 0 saturated carbocycles. The molecular formula is C11H9BrN2. The molecule has 0 saturated heterocycles. The topological polar surface area (TPSA) is 25.8 Å². The summed E-state index contributed by atoms with van der Waals surface area (Å²) in [6.07, 6.45) is 1.56. The molecule has 70 valence electrons. The number of hydrogen-bond donors (Lipinski definition) is 0. The van der Waals surface area contributed by atoms with Crippen molar-refractivity contribution in [3.63, 3.8) is 0 Å². The molecule has 0 fully saturated rings. The van der Waals surface area contributed by atoms with Crippen LogP contribution in [0, 0.1) is 6.92 Å². The summed E-state index contributed by atoms with van der Waals surface area (Å²) in [4.78, 5) is 8.20. The van der Waals surface area contributed by atoms with E-state index in [2.05, 4.69) is 45.0 Å². The van der Waals surface area contributed by atoms with Gasteiger partial charge in [0, 0.05) is 5.56 Å². The van der Waals surface area contributed by atoms with E-state index >= 15 is 0 Å². The largest absolute Gasteiger partial charge is 0.236 e. The molecule has 0 radical (unpaired) electrons. The van der Waals surface area contributed by atoms with Gasteiger partial charge in [-0.15, -0.1) is 0 Å². The highest BCUT2D eigenvalue weighted by Gasteiger charge is 1.99. The molecule has 0 N–H and O–H groups in total. The van der Waals surface area contributed by atoms with Gasteiger partial charge in [0.2, 0.25) is 0 Å². The summed E-state index contributed by atoms with van der Waals surface area (Å²) >= 11 is 3.33. The number of benzene rings is 1. The molecule has 1 aromatic heterocycles. The second kappa shape index (κ2) is 3.88. The van der Waals surface area contributed by atoms with Gasteiger partial charge in [-0.25, -0.2) is 9.97 Å². The van der Waals surface area contributed by atoms with E-state index in [1.807, 2.05) is 18.2 Å². The third-order valence-corrected chi connectivity index (χ3v) is 2.38. The maximum Gasteiger partial charge on any atom is 0.117 e. The fourth-order valence-electron chi connectivity index (χ4n) is 1.30. The number of halogens is 1. The number of nitrogens with zero attached hydrogens (tertiary/aromatic N) is 2. The molecule has 0 aliphatic rings. The molecule has 0 atom stereocenters. The van der Waals surface area contributed by atoms with E-state index in [0.717, 1.165) is 15.9 Å². The first-order chi connectivity index (χ1) is 6.75. The standard InChI is InChI=1S/C11H9BrN2/c1-8-3-2-4-9(5-8)10-6-11(12)14-7-13-10/h2-7H,1H3. The summed E-state index contributed by atoms with van der Waals surface area (Å²) < 4.78 is 0.809. The van der Waals surface area contributed by atoms with E-state index in [1.165, 1.54) is 5.56 Å². The van der Waals surface area contributed by atoms with E-state index in [9.17, 15) is 0 Å². The van der Waals surface area contributed by atoms with Crippen molar-refractivity contribution in [3.05, 3.63) is 46.8 Å². The van der Waals surface area contributed by atoms with Crippen molar-refractivity contribution in [2.75, 3.05) is 0 Å². The van der Waals surface area contributed by atoms with E-state index < -0.39 is 0 Å². The fraction of sp³-hybridized carbons (Fsp3) is 0.0909. The third kappa shape index (κ3) is 1.99. The molecule has 14 heavy (non-hydrogen) atoms. The molecular weight excluding hydrogens is 240 g/mol. The van der Waals surface area contributed by atoms with Crippen LogP contribution in [0.15, 0.2) is 41.3 Å². The fourth-order valence-corrected chi connectivity index (χ4v) is 1.60. The van der Waals surface area contributed by atoms with Crippen molar-refractivity contribution in [1.82, 2.24) is 9.97 Å². The van der Waals surface area contributed by atoms with Gasteiger partial charge in [0.1, 0.15) is 10.9 Å².